The number of allylic oxidation sites excluding steroid dienone is 1. The molecule has 0 amide bonds. The Labute approximate surface area is 80.1 Å². The van der Waals surface area contributed by atoms with Gasteiger partial charge in [0.05, 0.1) is 0 Å². The molecule has 0 heterocycles. The lowest BCUT2D eigenvalue weighted by Gasteiger charge is -2.16. The number of rotatable bonds is 3. The van der Waals surface area contributed by atoms with E-state index in [1.54, 1.807) is 19.3 Å². The van der Waals surface area contributed by atoms with E-state index in [1.807, 2.05) is 27.7 Å². The summed E-state index contributed by atoms with van der Waals surface area (Å²) in [5.74, 6) is -0.308. The van der Waals surface area contributed by atoms with Crippen molar-refractivity contribution in [3.05, 3.63) is 12.0 Å². The van der Waals surface area contributed by atoms with Gasteiger partial charge < -0.3 is 0 Å². The molecule has 0 unspecified atom stereocenters. The highest BCUT2D eigenvalue weighted by Crippen LogP contribution is 2.19. The van der Waals surface area contributed by atoms with Crippen LogP contribution >= 0.6 is 0 Å². The molecule has 0 atom stereocenters. The maximum absolute atomic E-state index is 13.3. The molecule has 13 heavy (non-hydrogen) atoms. The number of hydrogen-bond donors (Lipinski definition) is 0. The van der Waals surface area contributed by atoms with Crippen LogP contribution in [0.5, 0.6) is 0 Å². The second kappa shape index (κ2) is 5.00. The lowest BCUT2D eigenvalue weighted by molar-refractivity contribution is 0.321. The number of nitrogens with zero attached hydrogens (tertiary/aromatic N) is 2. The molecule has 0 spiro atoms. The summed E-state index contributed by atoms with van der Waals surface area (Å²) >= 11 is 0. The SMILES string of the molecule is CC/C=N/N(C)/C(F)=C/C(C)(C)C. The van der Waals surface area contributed by atoms with Gasteiger partial charge >= 0.3 is 0 Å². The highest BCUT2D eigenvalue weighted by atomic mass is 19.1. The van der Waals surface area contributed by atoms with Crippen molar-refractivity contribution in [3.63, 3.8) is 0 Å². The molecule has 0 aliphatic carbocycles. The van der Waals surface area contributed by atoms with Crippen LogP contribution in [-0.4, -0.2) is 18.3 Å². The van der Waals surface area contributed by atoms with Crippen LogP contribution < -0.4 is 0 Å². The lowest BCUT2D eigenvalue weighted by atomic mass is 9.97. The van der Waals surface area contributed by atoms with Crippen molar-refractivity contribution in [1.82, 2.24) is 5.01 Å². The molecule has 0 radical (unpaired) electrons. The zero-order chi connectivity index (χ0) is 10.5. The molecule has 0 saturated carbocycles. The molecular formula is C10H19FN2. The summed E-state index contributed by atoms with van der Waals surface area (Å²) in [6, 6.07) is 0. The van der Waals surface area contributed by atoms with E-state index >= 15 is 0 Å². The largest absolute Gasteiger partial charge is 0.243 e. The van der Waals surface area contributed by atoms with E-state index in [2.05, 4.69) is 5.10 Å². The summed E-state index contributed by atoms with van der Waals surface area (Å²) in [4.78, 5) is 0. The molecule has 0 bridgehead atoms. The molecule has 0 aromatic carbocycles. The quantitative estimate of drug-likeness (QED) is 0.375. The van der Waals surface area contributed by atoms with Crippen LogP contribution in [0.4, 0.5) is 4.39 Å². The minimum atomic E-state index is -0.308. The van der Waals surface area contributed by atoms with Crippen LogP contribution in [0.15, 0.2) is 17.1 Å². The van der Waals surface area contributed by atoms with Gasteiger partial charge in [-0.3, -0.25) is 0 Å². The van der Waals surface area contributed by atoms with E-state index in [9.17, 15) is 4.39 Å². The molecular weight excluding hydrogens is 167 g/mol. The molecule has 0 aromatic heterocycles. The van der Waals surface area contributed by atoms with Crippen LogP contribution in [0, 0.1) is 5.41 Å². The summed E-state index contributed by atoms with van der Waals surface area (Å²) in [6.45, 7) is 7.81. The average molecular weight is 186 g/mol. The second-order valence-corrected chi connectivity index (χ2v) is 4.06. The first-order valence-corrected chi connectivity index (χ1v) is 4.51. The molecule has 2 nitrogen and oxygen atoms in total. The Morgan fingerprint density at radius 2 is 2.00 bits per heavy atom. The Kier molecular flexibility index (Phi) is 4.67. The van der Waals surface area contributed by atoms with Crippen LogP contribution in [0.1, 0.15) is 34.1 Å². The van der Waals surface area contributed by atoms with Crippen molar-refractivity contribution < 1.29 is 4.39 Å². The molecule has 0 aromatic rings. The maximum Gasteiger partial charge on any atom is 0.206 e. The van der Waals surface area contributed by atoms with Gasteiger partial charge in [0.2, 0.25) is 5.95 Å². The van der Waals surface area contributed by atoms with Crippen LogP contribution in [0.25, 0.3) is 0 Å². The fourth-order valence-electron chi connectivity index (χ4n) is 0.710. The minimum Gasteiger partial charge on any atom is -0.243 e. The average Bonchev–Trinajstić information content (AvgIpc) is 1.96. The van der Waals surface area contributed by atoms with Crippen molar-refractivity contribution in [2.24, 2.45) is 10.5 Å². The van der Waals surface area contributed by atoms with E-state index in [-0.39, 0.29) is 11.4 Å². The third-order valence-electron chi connectivity index (χ3n) is 1.30. The molecule has 0 N–H and O–H groups in total. The predicted octanol–water partition coefficient (Wildman–Crippen LogP) is 3.17. The Balaban J connectivity index is 4.33. The van der Waals surface area contributed by atoms with Gasteiger partial charge in [0, 0.05) is 13.3 Å². The van der Waals surface area contributed by atoms with Crippen molar-refractivity contribution in [2.45, 2.75) is 34.1 Å². The fraction of sp³-hybridized carbons (Fsp3) is 0.700. The van der Waals surface area contributed by atoms with Gasteiger partial charge in [0.1, 0.15) is 0 Å². The summed E-state index contributed by atoms with van der Waals surface area (Å²) in [6.07, 6.45) is 4.04. The summed E-state index contributed by atoms with van der Waals surface area (Å²) in [7, 11) is 1.60. The summed E-state index contributed by atoms with van der Waals surface area (Å²) in [5, 5.41) is 5.14. The van der Waals surface area contributed by atoms with E-state index < -0.39 is 0 Å². The van der Waals surface area contributed by atoms with Crippen molar-refractivity contribution in [2.75, 3.05) is 7.05 Å². The zero-order valence-electron chi connectivity index (χ0n) is 9.13. The monoisotopic (exact) mass is 186 g/mol. The lowest BCUT2D eigenvalue weighted by Crippen LogP contribution is -2.11. The van der Waals surface area contributed by atoms with Gasteiger partial charge in [-0.15, -0.1) is 0 Å². The molecule has 76 valence electrons. The summed E-state index contributed by atoms with van der Waals surface area (Å²) in [5.41, 5.74) is -0.153. The maximum atomic E-state index is 13.3. The highest BCUT2D eigenvalue weighted by molar-refractivity contribution is 5.56. The number of hydrazone groups is 1. The zero-order valence-corrected chi connectivity index (χ0v) is 9.13. The van der Waals surface area contributed by atoms with Crippen LogP contribution in [-0.2, 0) is 0 Å². The Morgan fingerprint density at radius 1 is 1.46 bits per heavy atom. The van der Waals surface area contributed by atoms with Gasteiger partial charge in [-0.1, -0.05) is 27.7 Å². The summed E-state index contributed by atoms with van der Waals surface area (Å²) < 4.78 is 13.3. The molecule has 3 heteroatoms. The third-order valence-corrected chi connectivity index (χ3v) is 1.30. The standard InChI is InChI=1S/C10H19FN2/c1-6-7-12-13(5)9(11)8-10(2,3)4/h7-8H,6H2,1-5H3/b9-8+,12-7+. The molecule has 0 rings (SSSR count). The van der Waals surface area contributed by atoms with Crippen molar-refractivity contribution >= 4 is 6.21 Å². The first-order valence-electron chi connectivity index (χ1n) is 4.51. The van der Waals surface area contributed by atoms with Crippen molar-refractivity contribution in [3.8, 4) is 0 Å². The van der Waals surface area contributed by atoms with Crippen LogP contribution in [0.2, 0.25) is 0 Å². The minimum absolute atomic E-state index is 0.153. The normalized spacial score (nSPS) is 13.8. The van der Waals surface area contributed by atoms with Gasteiger partial charge in [-0.2, -0.15) is 9.49 Å². The van der Waals surface area contributed by atoms with Gasteiger partial charge in [-0.05, 0) is 17.9 Å². The van der Waals surface area contributed by atoms with Gasteiger partial charge in [0.15, 0.2) is 0 Å². The Morgan fingerprint density at radius 3 is 2.38 bits per heavy atom. The number of halogens is 1. The third kappa shape index (κ3) is 6.31. The molecule has 0 aliphatic rings. The van der Waals surface area contributed by atoms with E-state index in [1.165, 1.54) is 5.01 Å². The molecule has 0 fully saturated rings. The van der Waals surface area contributed by atoms with E-state index in [0.717, 1.165) is 6.42 Å². The Bertz CT molecular complexity index is 201. The fourth-order valence-corrected chi connectivity index (χ4v) is 0.710. The van der Waals surface area contributed by atoms with Gasteiger partial charge in [0.25, 0.3) is 0 Å². The van der Waals surface area contributed by atoms with E-state index in [0.29, 0.717) is 0 Å². The van der Waals surface area contributed by atoms with Crippen LogP contribution in [0.3, 0.4) is 0 Å². The Hall–Kier alpha value is -0.860. The first-order chi connectivity index (χ1) is 5.87. The number of hydrogen-bond acceptors (Lipinski definition) is 2. The topological polar surface area (TPSA) is 15.6 Å². The van der Waals surface area contributed by atoms with Gasteiger partial charge in [-0.25, -0.2) is 5.01 Å². The second-order valence-electron chi connectivity index (χ2n) is 4.06. The smallest absolute Gasteiger partial charge is 0.206 e. The highest BCUT2D eigenvalue weighted by Gasteiger charge is 2.10. The predicted molar refractivity (Wildman–Crippen MR) is 55.2 cm³/mol. The first kappa shape index (κ1) is 12.1. The van der Waals surface area contributed by atoms with E-state index in [4.69, 9.17) is 0 Å². The van der Waals surface area contributed by atoms with Crippen molar-refractivity contribution in [1.29, 1.82) is 0 Å². The molecule has 0 saturated heterocycles. The molecule has 0 aliphatic heterocycles.